The van der Waals surface area contributed by atoms with Gasteiger partial charge in [0.15, 0.2) is 0 Å². The fourth-order valence-corrected chi connectivity index (χ4v) is 2.64. The third kappa shape index (κ3) is 1.85. The molecule has 14 heavy (non-hydrogen) atoms. The van der Waals surface area contributed by atoms with E-state index < -0.39 is 0 Å². The average molecular weight is 195 g/mol. The Morgan fingerprint density at radius 3 is 2.64 bits per heavy atom. The van der Waals surface area contributed by atoms with Crippen molar-refractivity contribution >= 4 is 5.78 Å². The molecule has 2 atom stereocenters. The lowest BCUT2D eigenvalue weighted by Gasteiger charge is -2.42. The normalized spacial score (nSPS) is 32.7. The maximum Gasteiger partial charge on any atom is 0.138 e. The van der Waals surface area contributed by atoms with Crippen molar-refractivity contribution in [1.29, 1.82) is 0 Å². The van der Waals surface area contributed by atoms with Gasteiger partial charge in [0, 0.05) is 31.5 Å². The van der Waals surface area contributed by atoms with Gasteiger partial charge in [-0.1, -0.05) is 13.3 Å². The quantitative estimate of drug-likeness (QED) is 0.672. The number of carbonyl (C=O) groups is 1. The van der Waals surface area contributed by atoms with E-state index in [9.17, 15) is 4.79 Å². The van der Waals surface area contributed by atoms with Gasteiger partial charge in [0.2, 0.25) is 0 Å². The zero-order valence-electron chi connectivity index (χ0n) is 9.33. The fourth-order valence-electron chi connectivity index (χ4n) is 2.64. The second kappa shape index (κ2) is 4.01. The van der Waals surface area contributed by atoms with Crippen LogP contribution in [0.3, 0.4) is 0 Å². The lowest BCUT2D eigenvalue weighted by molar-refractivity contribution is -0.126. The van der Waals surface area contributed by atoms with Crippen LogP contribution in [-0.4, -0.2) is 29.8 Å². The highest BCUT2D eigenvalue weighted by atomic mass is 16.1. The molecular weight excluding hydrogens is 174 g/mol. The third-order valence-corrected chi connectivity index (χ3v) is 4.11. The highest BCUT2D eigenvalue weighted by Gasteiger charge is 2.32. The molecule has 1 aliphatic carbocycles. The van der Waals surface area contributed by atoms with E-state index in [1.165, 1.54) is 19.3 Å². The zero-order chi connectivity index (χ0) is 10.1. The Morgan fingerprint density at radius 2 is 2.14 bits per heavy atom. The van der Waals surface area contributed by atoms with Crippen molar-refractivity contribution in [2.75, 3.05) is 13.1 Å². The second-order valence-electron chi connectivity index (χ2n) is 5.04. The summed E-state index contributed by atoms with van der Waals surface area (Å²) in [5.41, 5.74) is 0. The maximum absolute atomic E-state index is 11.4. The lowest BCUT2D eigenvalue weighted by atomic mass is 9.79. The van der Waals surface area contributed by atoms with E-state index >= 15 is 0 Å². The molecule has 80 valence electrons. The average Bonchev–Trinajstić information content (AvgIpc) is 2.06. The highest BCUT2D eigenvalue weighted by Crippen LogP contribution is 2.33. The van der Waals surface area contributed by atoms with Crippen LogP contribution in [0, 0.1) is 11.8 Å². The summed E-state index contributed by atoms with van der Waals surface area (Å²) in [5, 5.41) is 0. The van der Waals surface area contributed by atoms with Crippen LogP contribution in [0.2, 0.25) is 0 Å². The number of rotatable bonds is 2. The Kier molecular flexibility index (Phi) is 2.91. The summed E-state index contributed by atoms with van der Waals surface area (Å²) in [4.78, 5) is 13.9. The van der Waals surface area contributed by atoms with Crippen LogP contribution in [-0.2, 0) is 4.79 Å². The van der Waals surface area contributed by atoms with E-state index in [2.05, 4.69) is 18.7 Å². The Bertz CT molecular complexity index is 222. The van der Waals surface area contributed by atoms with Crippen LogP contribution in [0.4, 0.5) is 0 Å². The first-order valence-electron chi connectivity index (χ1n) is 5.95. The van der Waals surface area contributed by atoms with Crippen molar-refractivity contribution in [2.45, 2.75) is 45.6 Å². The number of piperidine rings is 1. The number of hydrogen-bond acceptors (Lipinski definition) is 2. The molecule has 0 spiro atoms. The molecule has 0 amide bonds. The zero-order valence-corrected chi connectivity index (χ0v) is 9.33. The van der Waals surface area contributed by atoms with Crippen LogP contribution in [0.15, 0.2) is 0 Å². The minimum atomic E-state index is 0.270. The molecule has 2 aliphatic rings. The Morgan fingerprint density at radius 1 is 1.43 bits per heavy atom. The van der Waals surface area contributed by atoms with Crippen LogP contribution < -0.4 is 0 Å². The monoisotopic (exact) mass is 195 g/mol. The van der Waals surface area contributed by atoms with E-state index in [1.54, 1.807) is 0 Å². The van der Waals surface area contributed by atoms with E-state index in [1.807, 2.05) is 0 Å². The summed E-state index contributed by atoms with van der Waals surface area (Å²) >= 11 is 0. The van der Waals surface area contributed by atoms with Gasteiger partial charge < -0.3 is 0 Å². The molecule has 1 heterocycles. The molecule has 0 bridgehead atoms. The predicted molar refractivity (Wildman–Crippen MR) is 57.2 cm³/mol. The molecule has 0 aromatic heterocycles. The molecule has 2 nitrogen and oxygen atoms in total. The van der Waals surface area contributed by atoms with E-state index in [0.717, 1.165) is 25.4 Å². The van der Waals surface area contributed by atoms with Crippen LogP contribution in [0.25, 0.3) is 0 Å². The first kappa shape index (κ1) is 10.2. The van der Waals surface area contributed by atoms with Crippen molar-refractivity contribution in [2.24, 2.45) is 11.8 Å². The van der Waals surface area contributed by atoms with Gasteiger partial charge in [-0.05, 0) is 25.7 Å². The number of nitrogens with zero attached hydrogens (tertiary/aromatic N) is 1. The van der Waals surface area contributed by atoms with Crippen molar-refractivity contribution in [3.05, 3.63) is 0 Å². The number of likely N-dealkylation sites (tertiary alicyclic amines) is 1. The van der Waals surface area contributed by atoms with Crippen molar-refractivity contribution in [1.82, 2.24) is 4.90 Å². The summed E-state index contributed by atoms with van der Waals surface area (Å²) < 4.78 is 0. The number of hydrogen-bond donors (Lipinski definition) is 0. The summed E-state index contributed by atoms with van der Waals surface area (Å²) in [7, 11) is 0. The van der Waals surface area contributed by atoms with E-state index in [0.29, 0.717) is 11.8 Å². The SMILES string of the molecule is CC1CN(C(C)C2CCC2)CCC1=O. The molecule has 2 unspecified atom stereocenters. The number of Topliss-reactive ketones (excluding diaryl/α,β-unsaturated/α-hetero) is 1. The number of carbonyl (C=O) groups excluding carboxylic acids is 1. The Labute approximate surface area is 86.7 Å². The topological polar surface area (TPSA) is 20.3 Å². The summed E-state index contributed by atoms with van der Waals surface area (Å²) in [6.07, 6.45) is 5.00. The first-order valence-corrected chi connectivity index (χ1v) is 5.95. The molecule has 2 rings (SSSR count). The molecule has 1 aliphatic heterocycles. The van der Waals surface area contributed by atoms with Gasteiger partial charge in [0.05, 0.1) is 0 Å². The predicted octanol–water partition coefficient (Wildman–Crippen LogP) is 2.09. The van der Waals surface area contributed by atoms with Gasteiger partial charge in [0.1, 0.15) is 5.78 Å². The summed E-state index contributed by atoms with van der Waals surface area (Å²) in [6, 6.07) is 0.708. The van der Waals surface area contributed by atoms with Gasteiger partial charge in [0.25, 0.3) is 0 Å². The van der Waals surface area contributed by atoms with E-state index in [4.69, 9.17) is 0 Å². The summed E-state index contributed by atoms with van der Waals surface area (Å²) in [5.74, 6) is 1.64. The second-order valence-corrected chi connectivity index (χ2v) is 5.04. The molecule has 0 aromatic rings. The van der Waals surface area contributed by atoms with Gasteiger partial charge in [-0.2, -0.15) is 0 Å². The lowest BCUT2D eigenvalue weighted by Crippen LogP contribution is -2.48. The minimum absolute atomic E-state index is 0.270. The van der Waals surface area contributed by atoms with Crippen LogP contribution >= 0.6 is 0 Å². The molecule has 0 N–H and O–H groups in total. The van der Waals surface area contributed by atoms with Gasteiger partial charge >= 0.3 is 0 Å². The van der Waals surface area contributed by atoms with Gasteiger partial charge in [-0.25, -0.2) is 0 Å². The maximum atomic E-state index is 11.4. The third-order valence-electron chi connectivity index (χ3n) is 4.11. The smallest absolute Gasteiger partial charge is 0.138 e. The molecule has 0 radical (unpaired) electrons. The highest BCUT2D eigenvalue weighted by molar-refractivity contribution is 5.81. The molecule has 1 saturated heterocycles. The Balaban J connectivity index is 1.88. The van der Waals surface area contributed by atoms with Crippen LogP contribution in [0.5, 0.6) is 0 Å². The van der Waals surface area contributed by atoms with Gasteiger partial charge in [-0.3, -0.25) is 9.69 Å². The largest absolute Gasteiger partial charge is 0.299 e. The Hall–Kier alpha value is -0.370. The fraction of sp³-hybridized carbons (Fsp3) is 0.917. The minimum Gasteiger partial charge on any atom is -0.299 e. The molecule has 0 aromatic carbocycles. The first-order chi connectivity index (χ1) is 6.68. The van der Waals surface area contributed by atoms with E-state index in [-0.39, 0.29) is 5.92 Å². The number of ketones is 1. The molecule has 2 fully saturated rings. The van der Waals surface area contributed by atoms with Gasteiger partial charge in [-0.15, -0.1) is 0 Å². The van der Waals surface area contributed by atoms with Crippen molar-refractivity contribution < 1.29 is 4.79 Å². The molecular formula is C12H21NO. The summed E-state index contributed by atoms with van der Waals surface area (Å²) in [6.45, 7) is 6.41. The van der Waals surface area contributed by atoms with Crippen molar-refractivity contribution in [3.63, 3.8) is 0 Å². The van der Waals surface area contributed by atoms with Crippen LogP contribution in [0.1, 0.15) is 39.5 Å². The molecule has 1 saturated carbocycles. The standard InChI is InChI=1S/C12H21NO/c1-9-8-13(7-6-12(9)14)10(2)11-4-3-5-11/h9-11H,3-8H2,1-2H3. The van der Waals surface area contributed by atoms with Crippen molar-refractivity contribution in [3.8, 4) is 0 Å². The molecule has 2 heteroatoms.